The number of hydrogen-bond donors (Lipinski definition) is 1. The van der Waals surface area contributed by atoms with Crippen LogP contribution in [0.1, 0.15) is 25.3 Å². The van der Waals surface area contributed by atoms with Crippen LogP contribution in [0, 0.1) is 5.92 Å². The first-order valence-electron chi connectivity index (χ1n) is 9.65. The molecule has 3 rings (SSSR count). The van der Waals surface area contributed by atoms with Crippen molar-refractivity contribution < 1.29 is 14.3 Å². The Kier molecular flexibility index (Phi) is 7.11. The van der Waals surface area contributed by atoms with Crippen LogP contribution in [0.25, 0.3) is 0 Å². The highest BCUT2D eigenvalue weighted by Gasteiger charge is 2.23. The molecule has 0 spiro atoms. The van der Waals surface area contributed by atoms with Crippen molar-refractivity contribution in [3.63, 3.8) is 0 Å². The SMILES string of the molecule is CCOc1ccc(NC(=O)N2CCC(COCc3ccccc3)CC2)cc1. The molecule has 1 heterocycles. The lowest BCUT2D eigenvalue weighted by atomic mass is 9.98. The van der Waals surface area contributed by atoms with Gasteiger partial charge >= 0.3 is 6.03 Å². The van der Waals surface area contributed by atoms with Crippen LogP contribution < -0.4 is 10.1 Å². The van der Waals surface area contributed by atoms with Gasteiger partial charge in [-0.05, 0) is 55.5 Å². The molecule has 2 aromatic rings. The number of likely N-dealkylation sites (tertiary alicyclic amines) is 1. The van der Waals surface area contributed by atoms with Crippen LogP contribution in [0.15, 0.2) is 54.6 Å². The summed E-state index contributed by atoms with van der Waals surface area (Å²) in [5.41, 5.74) is 1.99. The molecule has 5 nitrogen and oxygen atoms in total. The van der Waals surface area contributed by atoms with E-state index in [1.54, 1.807) is 0 Å². The van der Waals surface area contributed by atoms with E-state index in [9.17, 15) is 4.79 Å². The molecule has 2 aromatic carbocycles. The number of benzene rings is 2. The van der Waals surface area contributed by atoms with Gasteiger partial charge in [-0.1, -0.05) is 30.3 Å². The molecule has 1 saturated heterocycles. The third kappa shape index (κ3) is 6.00. The number of urea groups is 1. The zero-order chi connectivity index (χ0) is 18.9. The van der Waals surface area contributed by atoms with E-state index >= 15 is 0 Å². The predicted octanol–water partition coefficient (Wildman–Crippen LogP) is 4.55. The summed E-state index contributed by atoms with van der Waals surface area (Å²) in [5, 5.41) is 2.96. The molecule has 27 heavy (non-hydrogen) atoms. The summed E-state index contributed by atoms with van der Waals surface area (Å²) < 4.78 is 11.3. The van der Waals surface area contributed by atoms with Crippen LogP contribution in [-0.4, -0.2) is 37.2 Å². The minimum Gasteiger partial charge on any atom is -0.494 e. The van der Waals surface area contributed by atoms with Gasteiger partial charge in [0.2, 0.25) is 0 Å². The van der Waals surface area contributed by atoms with Gasteiger partial charge in [-0.2, -0.15) is 0 Å². The lowest BCUT2D eigenvalue weighted by molar-refractivity contribution is 0.0640. The van der Waals surface area contributed by atoms with Gasteiger partial charge < -0.3 is 19.7 Å². The topological polar surface area (TPSA) is 50.8 Å². The maximum absolute atomic E-state index is 12.4. The van der Waals surface area contributed by atoms with Crippen molar-refractivity contribution in [3.8, 4) is 5.75 Å². The van der Waals surface area contributed by atoms with E-state index in [2.05, 4.69) is 17.4 Å². The van der Waals surface area contributed by atoms with Gasteiger partial charge in [-0.3, -0.25) is 0 Å². The van der Waals surface area contributed by atoms with E-state index in [1.165, 1.54) is 5.56 Å². The van der Waals surface area contributed by atoms with Crippen molar-refractivity contribution in [2.45, 2.75) is 26.4 Å². The number of piperidine rings is 1. The zero-order valence-electron chi connectivity index (χ0n) is 15.9. The Balaban J connectivity index is 1.37. The summed E-state index contributed by atoms with van der Waals surface area (Å²) in [6, 6.07) is 17.7. The molecule has 2 amide bonds. The van der Waals surface area contributed by atoms with Crippen molar-refractivity contribution in [2.24, 2.45) is 5.92 Å². The van der Waals surface area contributed by atoms with Crippen molar-refractivity contribution in [2.75, 3.05) is 31.6 Å². The van der Waals surface area contributed by atoms with Crippen molar-refractivity contribution >= 4 is 11.7 Å². The molecule has 5 heteroatoms. The Labute approximate surface area is 161 Å². The van der Waals surface area contributed by atoms with Crippen LogP contribution >= 0.6 is 0 Å². The fourth-order valence-electron chi connectivity index (χ4n) is 3.22. The molecule has 0 saturated carbocycles. The Morgan fingerprint density at radius 2 is 1.78 bits per heavy atom. The quantitative estimate of drug-likeness (QED) is 0.780. The standard InChI is InChI=1S/C22H28N2O3/c1-2-27-21-10-8-20(9-11-21)23-22(25)24-14-12-19(13-15-24)17-26-16-18-6-4-3-5-7-18/h3-11,19H,2,12-17H2,1H3,(H,23,25). The molecular weight excluding hydrogens is 340 g/mol. The molecule has 0 aromatic heterocycles. The Morgan fingerprint density at radius 3 is 2.44 bits per heavy atom. The van der Waals surface area contributed by atoms with Crippen molar-refractivity contribution in [1.82, 2.24) is 4.90 Å². The summed E-state index contributed by atoms with van der Waals surface area (Å²) in [7, 11) is 0. The molecule has 0 unspecified atom stereocenters. The number of carbonyl (C=O) groups excluding carboxylic acids is 1. The number of nitrogens with one attached hydrogen (secondary N) is 1. The molecular formula is C22H28N2O3. The van der Waals surface area contributed by atoms with Crippen LogP contribution in [0.2, 0.25) is 0 Å². The van der Waals surface area contributed by atoms with Crippen molar-refractivity contribution in [1.29, 1.82) is 0 Å². The number of nitrogens with zero attached hydrogens (tertiary/aromatic N) is 1. The number of hydrogen-bond acceptors (Lipinski definition) is 3. The number of carbonyl (C=O) groups is 1. The zero-order valence-corrected chi connectivity index (χ0v) is 15.9. The molecule has 0 radical (unpaired) electrons. The van der Waals surface area contributed by atoms with Gasteiger partial charge in [0.25, 0.3) is 0 Å². The maximum Gasteiger partial charge on any atom is 0.321 e. The lowest BCUT2D eigenvalue weighted by Gasteiger charge is -2.31. The van der Waals surface area contributed by atoms with Gasteiger partial charge in [0, 0.05) is 25.4 Å². The monoisotopic (exact) mass is 368 g/mol. The Morgan fingerprint density at radius 1 is 1.07 bits per heavy atom. The molecule has 1 aliphatic heterocycles. The molecule has 1 N–H and O–H groups in total. The largest absolute Gasteiger partial charge is 0.494 e. The second-order valence-corrected chi connectivity index (χ2v) is 6.82. The molecule has 0 bridgehead atoms. The first kappa shape index (κ1) is 19.2. The van der Waals surface area contributed by atoms with Crippen LogP contribution in [0.5, 0.6) is 5.75 Å². The average Bonchev–Trinajstić information content (AvgIpc) is 2.71. The van der Waals surface area contributed by atoms with E-state index in [1.807, 2.05) is 54.3 Å². The summed E-state index contributed by atoms with van der Waals surface area (Å²) in [5.74, 6) is 1.33. The minimum absolute atomic E-state index is 0.0391. The second-order valence-electron chi connectivity index (χ2n) is 6.82. The third-order valence-electron chi connectivity index (χ3n) is 4.78. The third-order valence-corrected chi connectivity index (χ3v) is 4.78. The average molecular weight is 368 g/mol. The van der Waals surface area contributed by atoms with Crippen molar-refractivity contribution in [3.05, 3.63) is 60.2 Å². The smallest absolute Gasteiger partial charge is 0.321 e. The normalized spacial score (nSPS) is 14.8. The Hall–Kier alpha value is -2.53. The van der Waals surface area contributed by atoms with E-state index in [0.29, 0.717) is 19.1 Å². The number of ether oxygens (including phenoxy) is 2. The fourth-order valence-corrected chi connectivity index (χ4v) is 3.22. The van der Waals surface area contributed by atoms with Gasteiger partial charge in [0.05, 0.1) is 13.2 Å². The molecule has 1 fully saturated rings. The molecule has 144 valence electrons. The highest BCUT2D eigenvalue weighted by molar-refractivity contribution is 5.89. The lowest BCUT2D eigenvalue weighted by Crippen LogP contribution is -2.41. The molecule has 0 atom stereocenters. The van der Waals surface area contributed by atoms with Gasteiger partial charge in [-0.15, -0.1) is 0 Å². The van der Waals surface area contributed by atoms with Gasteiger partial charge in [-0.25, -0.2) is 4.79 Å². The highest BCUT2D eigenvalue weighted by atomic mass is 16.5. The number of anilines is 1. The number of amides is 2. The minimum atomic E-state index is -0.0391. The van der Waals surface area contributed by atoms with E-state index < -0.39 is 0 Å². The second kappa shape index (κ2) is 9.97. The van der Waals surface area contributed by atoms with Crippen LogP contribution in [-0.2, 0) is 11.3 Å². The van der Waals surface area contributed by atoms with E-state index in [4.69, 9.17) is 9.47 Å². The highest BCUT2D eigenvalue weighted by Crippen LogP contribution is 2.20. The molecule has 0 aliphatic carbocycles. The molecule has 1 aliphatic rings. The fraction of sp³-hybridized carbons (Fsp3) is 0.409. The Bertz CT molecular complexity index is 695. The summed E-state index contributed by atoms with van der Waals surface area (Å²) in [6.07, 6.45) is 1.96. The maximum atomic E-state index is 12.4. The number of rotatable bonds is 7. The van der Waals surface area contributed by atoms with Gasteiger partial charge in [0.15, 0.2) is 0 Å². The van der Waals surface area contributed by atoms with Crippen LogP contribution in [0.3, 0.4) is 0 Å². The summed E-state index contributed by atoms with van der Waals surface area (Å²) >= 11 is 0. The van der Waals surface area contributed by atoms with E-state index in [-0.39, 0.29) is 6.03 Å². The first-order valence-corrected chi connectivity index (χ1v) is 9.65. The first-order chi connectivity index (χ1) is 13.2. The predicted molar refractivity (Wildman–Crippen MR) is 107 cm³/mol. The van der Waals surface area contributed by atoms with E-state index in [0.717, 1.165) is 44.0 Å². The van der Waals surface area contributed by atoms with Gasteiger partial charge in [0.1, 0.15) is 5.75 Å². The van der Waals surface area contributed by atoms with Crippen LogP contribution in [0.4, 0.5) is 10.5 Å². The summed E-state index contributed by atoms with van der Waals surface area (Å²) in [6.45, 7) is 5.52. The summed E-state index contributed by atoms with van der Waals surface area (Å²) in [4.78, 5) is 14.3.